The second-order valence-corrected chi connectivity index (χ2v) is 4.15. The van der Waals surface area contributed by atoms with Gasteiger partial charge in [-0.2, -0.15) is 0 Å². The molecule has 10 heavy (non-hydrogen) atoms. The van der Waals surface area contributed by atoms with Crippen LogP contribution < -0.4 is 0 Å². The highest BCUT2D eigenvalue weighted by molar-refractivity contribution is 14.1. The average Bonchev–Trinajstić information content (AvgIpc) is 1.96. The first-order chi connectivity index (χ1) is 4.69. The zero-order valence-electron chi connectivity index (χ0n) is 6.44. The number of hydrogen-bond acceptors (Lipinski definition) is 1. The molecule has 2 atom stereocenters. The standard InChI is InChI=1S/C8H15IO/c1-7-4-2-3-5-8(7,10)6-9/h7,10H,2-6H2,1H3/t7-,8+/m1/s1. The smallest absolute Gasteiger partial charge is 0.0762 e. The van der Waals surface area contributed by atoms with Gasteiger partial charge >= 0.3 is 0 Å². The molecule has 1 aliphatic rings. The van der Waals surface area contributed by atoms with Gasteiger partial charge in [0, 0.05) is 4.43 Å². The van der Waals surface area contributed by atoms with Gasteiger partial charge in [0.2, 0.25) is 0 Å². The van der Waals surface area contributed by atoms with E-state index in [2.05, 4.69) is 29.5 Å². The van der Waals surface area contributed by atoms with Crippen molar-refractivity contribution in [2.45, 2.75) is 38.2 Å². The van der Waals surface area contributed by atoms with Gasteiger partial charge in [0.25, 0.3) is 0 Å². The summed E-state index contributed by atoms with van der Waals surface area (Å²) in [4.78, 5) is 0. The zero-order valence-corrected chi connectivity index (χ0v) is 8.60. The van der Waals surface area contributed by atoms with Crippen LogP contribution in [0.15, 0.2) is 0 Å². The van der Waals surface area contributed by atoms with Crippen molar-refractivity contribution in [1.29, 1.82) is 0 Å². The molecule has 0 aromatic rings. The molecule has 1 rings (SSSR count). The van der Waals surface area contributed by atoms with Gasteiger partial charge in [-0.1, -0.05) is 42.4 Å². The van der Waals surface area contributed by atoms with Crippen molar-refractivity contribution in [3.63, 3.8) is 0 Å². The molecule has 0 aromatic heterocycles. The first kappa shape index (κ1) is 8.78. The lowest BCUT2D eigenvalue weighted by molar-refractivity contribution is -0.0167. The minimum Gasteiger partial charge on any atom is -0.389 e. The molecule has 1 aliphatic carbocycles. The van der Waals surface area contributed by atoms with Gasteiger partial charge in [0.1, 0.15) is 0 Å². The Morgan fingerprint density at radius 3 is 2.70 bits per heavy atom. The fraction of sp³-hybridized carbons (Fsp3) is 1.00. The molecule has 60 valence electrons. The van der Waals surface area contributed by atoms with Gasteiger partial charge in [0.15, 0.2) is 0 Å². The number of rotatable bonds is 1. The van der Waals surface area contributed by atoms with Crippen LogP contribution in [-0.4, -0.2) is 15.1 Å². The maximum atomic E-state index is 9.94. The third-order valence-corrected chi connectivity index (χ3v) is 3.97. The molecule has 0 saturated heterocycles. The summed E-state index contributed by atoms with van der Waals surface area (Å²) in [6.45, 7) is 2.16. The maximum Gasteiger partial charge on any atom is 0.0762 e. The van der Waals surface area contributed by atoms with Gasteiger partial charge in [-0.15, -0.1) is 0 Å². The van der Waals surface area contributed by atoms with Crippen molar-refractivity contribution >= 4 is 22.6 Å². The molecule has 1 nitrogen and oxygen atoms in total. The van der Waals surface area contributed by atoms with Crippen LogP contribution in [0.25, 0.3) is 0 Å². The Hall–Kier alpha value is 0.690. The lowest BCUT2D eigenvalue weighted by atomic mass is 9.78. The monoisotopic (exact) mass is 254 g/mol. The van der Waals surface area contributed by atoms with Crippen molar-refractivity contribution < 1.29 is 5.11 Å². The van der Waals surface area contributed by atoms with Crippen LogP contribution in [0.4, 0.5) is 0 Å². The number of halogens is 1. The highest BCUT2D eigenvalue weighted by Gasteiger charge is 2.34. The lowest BCUT2D eigenvalue weighted by Crippen LogP contribution is -2.40. The summed E-state index contributed by atoms with van der Waals surface area (Å²) in [5.74, 6) is 0.512. The van der Waals surface area contributed by atoms with Gasteiger partial charge in [0.05, 0.1) is 5.60 Å². The van der Waals surface area contributed by atoms with Gasteiger partial charge in [-0.05, 0) is 18.8 Å². The van der Waals surface area contributed by atoms with Gasteiger partial charge in [-0.3, -0.25) is 0 Å². The molecule has 0 aromatic carbocycles. The SMILES string of the molecule is C[C@@H]1CCCC[C@]1(O)CI. The van der Waals surface area contributed by atoms with E-state index in [1.165, 1.54) is 19.3 Å². The van der Waals surface area contributed by atoms with Crippen LogP contribution in [-0.2, 0) is 0 Å². The fourth-order valence-corrected chi connectivity index (χ4v) is 2.73. The highest BCUT2D eigenvalue weighted by atomic mass is 127. The predicted molar refractivity (Wildman–Crippen MR) is 51.5 cm³/mol. The Morgan fingerprint density at radius 1 is 1.60 bits per heavy atom. The molecule has 1 saturated carbocycles. The predicted octanol–water partition coefficient (Wildman–Crippen LogP) is 2.36. The highest BCUT2D eigenvalue weighted by Crippen LogP contribution is 2.34. The van der Waals surface area contributed by atoms with E-state index in [0.29, 0.717) is 5.92 Å². The molecule has 1 N–H and O–H groups in total. The minimum absolute atomic E-state index is 0.335. The minimum atomic E-state index is -0.335. The summed E-state index contributed by atoms with van der Waals surface area (Å²) in [6, 6.07) is 0. The van der Waals surface area contributed by atoms with E-state index >= 15 is 0 Å². The Morgan fingerprint density at radius 2 is 2.30 bits per heavy atom. The molecule has 0 aliphatic heterocycles. The maximum absolute atomic E-state index is 9.94. The van der Waals surface area contributed by atoms with Crippen molar-refractivity contribution in [2.24, 2.45) is 5.92 Å². The molecular formula is C8H15IO. The van der Waals surface area contributed by atoms with Crippen LogP contribution in [0.2, 0.25) is 0 Å². The van der Waals surface area contributed by atoms with Crippen molar-refractivity contribution in [2.75, 3.05) is 4.43 Å². The normalized spacial score (nSPS) is 41.7. The second kappa shape index (κ2) is 3.39. The van der Waals surface area contributed by atoms with Crippen LogP contribution in [0.1, 0.15) is 32.6 Å². The molecule has 0 spiro atoms. The van der Waals surface area contributed by atoms with Crippen molar-refractivity contribution in [3.8, 4) is 0 Å². The van der Waals surface area contributed by atoms with Crippen LogP contribution >= 0.6 is 22.6 Å². The topological polar surface area (TPSA) is 20.2 Å². The summed E-state index contributed by atoms with van der Waals surface area (Å²) < 4.78 is 0.895. The largest absolute Gasteiger partial charge is 0.389 e. The molecule has 0 unspecified atom stereocenters. The van der Waals surface area contributed by atoms with Crippen LogP contribution in [0.5, 0.6) is 0 Å². The van der Waals surface area contributed by atoms with Gasteiger partial charge < -0.3 is 5.11 Å². The van der Waals surface area contributed by atoms with E-state index < -0.39 is 0 Å². The molecular weight excluding hydrogens is 239 g/mol. The first-order valence-electron chi connectivity index (χ1n) is 3.97. The first-order valence-corrected chi connectivity index (χ1v) is 5.50. The number of hydrogen-bond donors (Lipinski definition) is 1. The molecule has 0 heterocycles. The third-order valence-electron chi connectivity index (χ3n) is 2.65. The average molecular weight is 254 g/mol. The Labute approximate surface area is 76.3 Å². The van der Waals surface area contributed by atoms with Crippen LogP contribution in [0, 0.1) is 5.92 Å². The molecule has 0 amide bonds. The molecule has 2 heteroatoms. The molecule has 0 bridgehead atoms. The van der Waals surface area contributed by atoms with Crippen molar-refractivity contribution in [3.05, 3.63) is 0 Å². The Balaban J connectivity index is 2.54. The summed E-state index contributed by atoms with van der Waals surface area (Å²) >= 11 is 2.29. The van der Waals surface area contributed by atoms with Crippen LogP contribution in [0.3, 0.4) is 0 Å². The summed E-state index contributed by atoms with van der Waals surface area (Å²) in [5, 5.41) is 9.94. The lowest BCUT2D eigenvalue weighted by Gasteiger charge is -2.36. The van der Waals surface area contributed by atoms with E-state index in [1.54, 1.807) is 0 Å². The Kier molecular flexibility index (Phi) is 2.98. The van der Waals surface area contributed by atoms with Crippen molar-refractivity contribution in [1.82, 2.24) is 0 Å². The second-order valence-electron chi connectivity index (χ2n) is 3.38. The van der Waals surface area contributed by atoms with Gasteiger partial charge in [-0.25, -0.2) is 0 Å². The number of alkyl halides is 1. The summed E-state index contributed by atoms with van der Waals surface area (Å²) in [5.41, 5.74) is -0.335. The quantitative estimate of drug-likeness (QED) is 0.562. The fourth-order valence-electron chi connectivity index (χ4n) is 1.60. The van der Waals surface area contributed by atoms with E-state index in [1.807, 2.05) is 0 Å². The molecule has 0 radical (unpaired) electrons. The zero-order chi connectivity index (χ0) is 7.61. The number of aliphatic hydroxyl groups is 1. The summed E-state index contributed by atoms with van der Waals surface area (Å²) in [7, 11) is 0. The molecule has 1 fully saturated rings. The summed E-state index contributed by atoms with van der Waals surface area (Å²) in [6.07, 6.45) is 4.74. The Bertz CT molecular complexity index is 116. The van der Waals surface area contributed by atoms with E-state index in [0.717, 1.165) is 10.8 Å². The van der Waals surface area contributed by atoms with E-state index in [9.17, 15) is 5.11 Å². The van der Waals surface area contributed by atoms with E-state index in [4.69, 9.17) is 0 Å². The van der Waals surface area contributed by atoms with E-state index in [-0.39, 0.29) is 5.60 Å². The third kappa shape index (κ3) is 1.64.